The average molecular weight is 229 g/mol. The Kier molecular flexibility index (Phi) is 4.39. The van der Waals surface area contributed by atoms with Crippen molar-refractivity contribution in [3.63, 3.8) is 0 Å². The molecule has 0 unspecified atom stereocenters. The molecule has 0 fully saturated rings. The number of carbonyl (C=O) groups is 1. The Morgan fingerprint density at radius 3 is 2.93 bits per heavy atom. The monoisotopic (exact) mass is 228 g/mol. The fourth-order valence-electron chi connectivity index (χ4n) is 1.09. The van der Waals surface area contributed by atoms with Crippen molar-refractivity contribution in [3.05, 3.63) is 29.3 Å². The zero-order chi connectivity index (χ0) is 11.3. The van der Waals surface area contributed by atoms with Gasteiger partial charge in [-0.05, 0) is 25.1 Å². The molecule has 0 aliphatic carbocycles. The van der Waals surface area contributed by atoms with Gasteiger partial charge < -0.3 is 4.74 Å². The van der Waals surface area contributed by atoms with Crippen molar-refractivity contribution >= 4 is 23.3 Å². The molecule has 1 aromatic carbocycles. The molecule has 0 aromatic heterocycles. The lowest BCUT2D eigenvalue weighted by atomic mass is 10.3. The second-order valence-corrected chi connectivity index (χ2v) is 3.35. The summed E-state index contributed by atoms with van der Waals surface area (Å²) >= 11 is 5.79. The van der Waals surface area contributed by atoms with Crippen LogP contribution in [0.1, 0.15) is 6.92 Å². The summed E-state index contributed by atoms with van der Waals surface area (Å²) < 4.78 is 4.77. The van der Waals surface area contributed by atoms with Gasteiger partial charge in [0.1, 0.15) is 6.54 Å². The molecule has 15 heavy (non-hydrogen) atoms. The molecule has 82 valence electrons. The molecule has 1 aromatic rings. The van der Waals surface area contributed by atoms with Crippen LogP contribution >= 0.6 is 11.6 Å². The van der Waals surface area contributed by atoms with Crippen LogP contribution in [0.15, 0.2) is 24.3 Å². The van der Waals surface area contributed by atoms with Crippen LogP contribution < -0.4 is 10.9 Å². The van der Waals surface area contributed by atoms with Crippen LogP contribution in [0, 0.1) is 0 Å². The zero-order valence-electron chi connectivity index (χ0n) is 8.44. The van der Waals surface area contributed by atoms with Crippen LogP contribution in [0.3, 0.4) is 0 Å². The van der Waals surface area contributed by atoms with E-state index in [0.717, 1.165) is 0 Å². The number of nitrogens with two attached hydrogens (primary N) is 1. The molecule has 2 N–H and O–H groups in total. The Morgan fingerprint density at radius 2 is 2.33 bits per heavy atom. The molecule has 4 nitrogen and oxygen atoms in total. The largest absolute Gasteiger partial charge is 0.465 e. The molecular weight excluding hydrogens is 216 g/mol. The number of carbonyl (C=O) groups excluding carboxylic acids is 1. The fraction of sp³-hybridized carbons (Fsp3) is 0.300. The van der Waals surface area contributed by atoms with E-state index < -0.39 is 0 Å². The van der Waals surface area contributed by atoms with E-state index in [9.17, 15) is 4.79 Å². The number of anilines is 1. The van der Waals surface area contributed by atoms with Gasteiger partial charge in [-0.25, -0.2) is 5.84 Å². The topological polar surface area (TPSA) is 55.6 Å². The third kappa shape index (κ3) is 3.77. The Labute approximate surface area is 93.5 Å². The number of esters is 1. The van der Waals surface area contributed by atoms with Gasteiger partial charge in [0.15, 0.2) is 0 Å². The van der Waals surface area contributed by atoms with E-state index in [-0.39, 0.29) is 12.5 Å². The Morgan fingerprint density at radius 1 is 1.60 bits per heavy atom. The highest BCUT2D eigenvalue weighted by Crippen LogP contribution is 2.16. The molecule has 0 spiro atoms. The minimum atomic E-state index is -0.361. The number of ether oxygens (including phenoxy) is 1. The predicted molar refractivity (Wildman–Crippen MR) is 59.6 cm³/mol. The summed E-state index contributed by atoms with van der Waals surface area (Å²) in [6, 6.07) is 6.96. The van der Waals surface area contributed by atoms with Crippen molar-refractivity contribution in [3.8, 4) is 0 Å². The Balaban J connectivity index is 2.60. The van der Waals surface area contributed by atoms with E-state index >= 15 is 0 Å². The second-order valence-electron chi connectivity index (χ2n) is 2.91. The van der Waals surface area contributed by atoms with Gasteiger partial charge in [0.2, 0.25) is 0 Å². The number of benzene rings is 1. The van der Waals surface area contributed by atoms with Crippen molar-refractivity contribution in [1.29, 1.82) is 0 Å². The maximum atomic E-state index is 11.1. The number of rotatable bonds is 4. The van der Waals surface area contributed by atoms with Crippen molar-refractivity contribution in [2.24, 2.45) is 5.84 Å². The van der Waals surface area contributed by atoms with E-state index in [2.05, 4.69) is 0 Å². The van der Waals surface area contributed by atoms with Crippen molar-refractivity contribution in [2.45, 2.75) is 6.92 Å². The number of nitrogens with zero attached hydrogens (tertiary/aromatic N) is 1. The maximum absolute atomic E-state index is 11.1. The molecule has 0 radical (unpaired) electrons. The summed E-state index contributed by atoms with van der Waals surface area (Å²) in [6.45, 7) is 2.11. The normalized spacial score (nSPS) is 9.80. The van der Waals surface area contributed by atoms with Gasteiger partial charge in [0.05, 0.1) is 12.3 Å². The second kappa shape index (κ2) is 5.58. The van der Waals surface area contributed by atoms with Crippen LogP contribution in [0.2, 0.25) is 5.02 Å². The molecule has 0 aliphatic rings. The Bertz CT molecular complexity index is 344. The minimum absolute atomic E-state index is 0.00812. The molecule has 0 atom stereocenters. The molecule has 0 heterocycles. The highest BCUT2D eigenvalue weighted by atomic mass is 35.5. The standard InChI is InChI=1S/C10H13ClN2O2/c1-2-15-10(14)7-13(12)9-5-3-4-8(11)6-9/h3-6H,2,7,12H2,1H3. The zero-order valence-corrected chi connectivity index (χ0v) is 9.20. The summed E-state index contributed by atoms with van der Waals surface area (Å²) in [5.74, 6) is 5.31. The van der Waals surface area contributed by atoms with E-state index in [1.807, 2.05) is 0 Å². The highest BCUT2D eigenvalue weighted by Gasteiger charge is 2.08. The number of hydrogen-bond donors (Lipinski definition) is 1. The lowest BCUT2D eigenvalue weighted by Crippen LogP contribution is -2.36. The van der Waals surface area contributed by atoms with Crippen molar-refractivity contribution < 1.29 is 9.53 Å². The van der Waals surface area contributed by atoms with E-state index in [4.69, 9.17) is 22.2 Å². The van der Waals surface area contributed by atoms with Crippen LogP contribution in [0.4, 0.5) is 5.69 Å². The van der Waals surface area contributed by atoms with Crippen LogP contribution in [0.5, 0.6) is 0 Å². The number of halogens is 1. The molecule has 0 bridgehead atoms. The Hall–Kier alpha value is -1.26. The van der Waals surface area contributed by atoms with Gasteiger partial charge in [-0.2, -0.15) is 0 Å². The minimum Gasteiger partial charge on any atom is -0.465 e. The number of hydrazine groups is 1. The SMILES string of the molecule is CCOC(=O)CN(N)c1cccc(Cl)c1. The molecule has 0 saturated heterocycles. The lowest BCUT2D eigenvalue weighted by Gasteiger charge is -2.17. The third-order valence-corrected chi connectivity index (χ3v) is 1.98. The fourth-order valence-corrected chi connectivity index (χ4v) is 1.28. The molecular formula is C10H13ClN2O2. The summed E-state index contributed by atoms with van der Waals surface area (Å²) in [5, 5.41) is 1.87. The van der Waals surface area contributed by atoms with E-state index in [0.29, 0.717) is 17.3 Å². The first-order chi connectivity index (χ1) is 7.13. The molecule has 0 aliphatic heterocycles. The maximum Gasteiger partial charge on any atom is 0.327 e. The van der Waals surface area contributed by atoms with Gasteiger partial charge in [0.25, 0.3) is 0 Å². The average Bonchev–Trinajstić information content (AvgIpc) is 2.18. The summed E-state index contributed by atoms with van der Waals surface area (Å²) in [6.07, 6.45) is 0. The van der Waals surface area contributed by atoms with Gasteiger partial charge in [-0.3, -0.25) is 9.80 Å². The van der Waals surface area contributed by atoms with Gasteiger partial charge in [0, 0.05) is 5.02 Å². The third-order valence-electron chi connectivity index (χ3n) is 1.74. The van der Waals surface area contributed by atoms with Crippen LogP contribution in [-0.4, -0.2) is 19.1 Å². The first kappa shape index (κ1) is 11.8. The summed E-state index contributed by atoms with van der Waals surface area (Å²) in [4.78, 5) is 11.1. The van der Waals surface area contributed by atoms with Crippen molar-refractivity contribution in [1.82, 2.24) is 0 Å². The lowest BCUT2D eigenvalue weighted by molar-refractivity contribution is -0.141. The molecule has 5 heteroatoms. The van der Waals surface area contributed by atoms with Crippen LogP contribution in [0.25, 0.3) is 0 Å². The van der Waals surface area contributed by atoms with Gasteiger partial charge in [-0.1, -0.05) is 17.7 Å². The molecule has 0 amide bonds. The highest BCUT2D eigenvalue weighted by molar-refractivity contribution is 6.30. The summed E-state index contributed by atoms with van der Waals surface area (Å²) in [7, 11) is 0. The van der Waals surface area contributed by atoms with E-state index in [1.165, 1.54) is 5.01 Å². The number of hydrogen-bond acceptors (Lipinski definition) is 4. The predicted octanol–water partition coefficient (Wildman–Crippen LogP) is 1.58. The smallest absolute Gasteiger partial charge is 0.327 e. The quantitative estimate of drug-likeness (QED) is 0.483. The molecule has 1 rings (SSSR count). The first-order valence-electron chi connectivity index (χ1n) is 4.57. The van der Waals surface area contributed by atoms with E-state index in [1.54, 1.807) is 31.2 Å². The van der Waals surface area contributed by atoms with Crippen molar-refractivity contribution in [2.75, 3.05) is 18.2 Å². The molecule has 0 saturated carbocycles. The van der Waals surface area contributed by atoms with Gasteiger partial charge in [-0.15, -0.1) is 0 Å². The summed E-state index contributed by atoms with van der Waals surface area (Å²) in [5.41, 5.74) is 0.676. The van der Waals surface area contributed by atoms with Gasteiger partial charge >= 0.3 is 5.97 Å². The van der Waals surface area contributed by atoms with Crippen LogP contribution in [-0.2, 0) is 9.53 Å². The first-order valence-corrected chi connectivity index (χ1v) is 4.94.